The van der Waals surface area contributed by atoms with E-state index in [1.165, 1.54) is 24.0 Å². The molecule has 0 saturated heterocycles. The number of aryl methyl sites for hydroxylation is 2. The molecule has 3 rings (SSSR count). The topological polar surface area (TPSA) is 54.1 Å². The van der Waals surface area contributed by atoms with Crippen LogP contribution in [0.5, 0.6) is 5.88 Å². The number of fused-ring (bicyclic) bond motifs is 1. The molecular weight excluding hydrogens is 300 g/mol. The summed E-state index contributed by atoms with van der Waals surface area (Å²) in [6, 6.07) is 6.34. The van der Waals surface area contributed by atoms with Crippen molar-refractivity contribution in [2.45, 2.75) is 59.4 Å². The first-order valence-corrected chi connectivity index (χ1v) is 9.00. The largest absolute Gasteiger partial charge is 0.414 e. The lowest BCUT2D eigenvalue weighted by Crippen LogP contribution is -2.39. The van der Waals surface area contributed by atoms with Gasteiger partial charge in [0.2, 0.25) is 5.88 Å². The van der Waals surface area contributed by atoms with Gasteiger partial charge in [-0.25, -0.2) is 4.79 Å². The Morgan fingerprint density at radius 1 is 1.17 bits per heavy atom. The lowest BCUT2D eigenvalue weighted by Gasteiger charge is -2.30. The number of hydrogen-bond donors (Lipinski definition) is 2. The van der Waals surface area contributed by atoms with Gasteiger partial charge in [0.25, 0.3) is 0 Å². The zero-order valence-corrected chi connectivity index (χ0v) is 15.1. The molecule has 1 fully saturated rings. The lowest BCUT2D eigenvalue weighted by atomic mass is 9.80. The number of benzene rings is 1. The van der Waals surface area contributed by atoms with E-state index in [1.54, 1.807) is 0 Å². The maximum absolute atomic E-state index is 12.2. The van der Waals surface area contributed by atoms with Crippen LogP contribution in [0.3, 0.4) is 0 Å². The Kier molecular flexibility index (Phi) is 4.83. The molecule has 0 radical (unpaired) electrons. The Hall–Kier alpha value is -1.97. The van der Waals surface area contributed by atoms with Crippen molar-refractivity contribution >= 4 is 17.0 Å². The molecular formula is C20H28N2O2. The molecule has 1 aliphatic carbocycles. The average Bonchev–Trinajstić information content (AvgIpc) is 2.90. The number of carbonyl (C=O) groups is 1. The van der Waals surface area contributed by atoms with E-state index in [1.807, 2.05) is 6.07 Å². The number of carbonyl (C=O) groups excluding carboxylic acids is 1. The van der Waals surface area contributed by atoms with Crippen LogP contribution in [0, 0.1) is 25.7 Å². The summed E-state index contributed by atoms with van der Waals surface area (Å²) in [6.07, 6.45) is 4.11. The molecule has 0 aliphatic heterocycles. The number of amides is 1. The molecule has 1 aromatic heterocycles. The highest BCUT2D eigenvalue weighted by Gasteiger charge is 2.24. The van der Waals surface area contributed by atoms with E-state index in [0.717, 1.165) is 35.6 Å². The normalized spacial score (nSPS) is 21.2. The first-order chi connectivity index (χ1) is 11.4. The van der Waals surface area contributed by atoms with Crippen molar-refractivity contribution in [1.82, 2.24) is 10.3 Å². The Bertz CT molecular complexity index is 725. The lowest BCUT2D eigenvalue weighted by molar-refractivity contribution is 0.182. The maximum Gasteiger partial charge on any atom is 0.414 e. The highest BCUT2D eigenvalue weighted by atomic mass is 16.6. The minimum Gasteiger partial charge on any atom is -0.393 e. The molecule has 1 amide bonds. The van der Waals surface area contributed by atoms with E-state index >= 15 is 0 Å². The second-order valence-corrected chi connectivity index (χ2v) is 7.57. The van der Waals surface area contributed by atoms with Gasteiger partial charge in [0, 0.05) is 23.0 Å². The van der Waals surface area contributed by atoms with Gasteiger partial charge in [-0.3, -0.25) is 0 Å². The van der Waals surface area contributed by atoms with Crippen LogP contribution in [-0.4, -0.2) is 17.1 Å². The smallest absolute Gasteiger partial charge is 0.393 e. The number of rotatable bonds is 3. The van der Waals surface area contributed by atoms with Gasteiger partial charge >= 0.3 is 6.09 Å². The van der Waals surface area contributed by atoms with E-state index in [-0.39, 0.29) is 12.1 Å². The summed E-state index contributed by atoms with van der Waals surface area (Å²) in [5, 5.41) is 4.11. The molecule has 0 spiro atoms. The Morgan fingerprint density at radius 2 is 1.88 bits per heavy atom. The standard InChI is InChI=1S/C20H28N2O2/c1-12(2)15-5-7-16(8-6-15)21-20(23)24-19-11-17-14(4)9-13(3)10-18(17)22-19/h9-12,15-16,22H,5-8H2,1-4H3,(H,21,23)/t15-,16-. The first-order valence-electron chi connectivity index (χ1n) is 9.00. The number of aromatic amines is 1. The molecule has 0 bridgehead atoms. The van der Waals surface area contributed by atoms with Crippen LogP contribution in [0.2, 0.25) is 0 Å². The second-order valence-electron chi connectivity index (χ2n) is 7.57. The van der Waals surface area contributed by atoms with Gasteiger partial charge in [-0.1, -0.05) is 19.9 Å². The predicted molar refractivity (Wildman–Crippen MR) is 97.5 cm³/mol. The molecule has 4 nitrogen and oxygen atoms in total. The van der Waals surface area contributed by atoms with Crippen molar-refractivity contribution < 1.29 is 9.53 Å². The summed E-state index contributed by atoms with van der Waals surface area (Å²) in [6.45, 7) is 8.70. The number of hydrogen-bond acceptors (Lipinski definition) is 2. The minimum atomic E-state index is -0.357. The Labute approximate surface area is 144 Å². The van der Waals surface area contributed by atoms with E-state index in [4.69, 9.17) is 4.74 Å². The fourth-order valence-corrected chi connectivity index (χ4v) is 3.85. The van der Waals surface area contributed by atoms with Crippen LogP contribution in [0.15, 0.2) is 18.2 Å². The summed E-state index contributed by atoms with van der Waals surface area (Å²) in [5.74, 6) is 2.03. The Balaban J connectivity index is 1.58. The molecule has 1 aliphatic rings. The van der Waals surface area contributed by atoms with E-state index in [9.17, 15) is 4.79 Å². The van der Waals surface area contributed by atoms with Crippen molar-refractivity contribution in [3.63, 3.8) is 0 Å². The van der Waals surface area contributed by atoms with Gasteiger partial charge < -0.3 is 15.0 Å². The van der Waals surface area contributed by atoms with Crippen molar-refractivity contribution in [2.75, 3.05) is 0 Å². The molecule has 1 aromatic carbocycles. The van der Waals surface area contributed by atoms with Crippen molar-refractivity contribution in [1.29, 1.82) is 0 Å². The fourth-order valence-electron chi connectivity index (χ4n) is 3.85. The maximum atomic E-state index is 12.2. The molecule has 1 heterocycles. The summed E-state index contributed by atoms with van der Waals surface area (Å²) < 4.78 is 5.47. The summed E-state index contributed by atoms with van der Waals surface area (Å²) in [7, 11) is 0. The summed E-state index contributed by atoms with van der Waals surface area (Å²) in [4.78, 5) is 15.4. The third kappa shape index (κ3) is 3.74. The third-order valence-electron chi connectivity index (χ3n) is 5.30. The SMILES string of the molecule is Cc1cc(C)c2cc(OC(=O)N[C@H]3CC[C@H](C(C)C)CC3)[nH]c2c1. The van der Waals surface area contributed by atoms with Gasteiger partial charge in [0.1, 0.15) is 0 Å². The van der Waals surface area contributed by atoms with Gasteiger partial charge in [-0.2, -0.15) is 0 Å². The molecule has 4 heteroatoms. The predicted octanol–water partition coefficient (Wildman–Crippen LogP) is 5.09. The molecule has 2 aromatic rings. The van der Waals surface area contributed by atoms with Gasteiger partial charge in [-0.15, -0.1) is 0 Å². The third-order valence-corrected chi connectivity index (χ3v) is 5.30. The summed E-state index contributed by atoms with van der Waals surface area (Å²) in [5.41, 5.74) is 3.39. The zero-order chi connectivity index (χ0) is 17.3. The number of ether oxygens (including phenoxy) is 1. The number of nitrogens with one attached hydrogen (secondary N) is 2. The molecule has 130 valence electrons. The van der Waals surface area contributed by atoms with Crippen molar-refractivity contribution in [3.8, 4) is 5.88 Å². The van der Waals surface area contributed by atoms with Crippen LogP contribution in [-0.2, 0) is 0 Å². The molecule has 24 heavy (non-hydrogen) atoms. The quantitative estimate of drug-likeness (QED) is 0.824. The molecule has 0 atom stereocenters. The van der Waals surface area contributed by atoms with Crippen LogP contribution in [0.4, 0.5) is 4.79 Å². The molecule has 0 unspecified atom stereocenters. The highest BCUT2D eigenvalue weighted by molar-refractivity contribution is 5.86. The average molecular weight is 328 g/mol. The van der Waals surface area contributed by atoms with E-state index < -0.39 is 0 Å². The monoisotopic (exact) mass is 328 g/mol. The summed E-state index contributed by atoms with van der Waals surface area (Å²) >= 11 is 0. The number of H-pyrrole nitrogens is 1. The van der Waals surface area contributed by atoms with Crippen LogP contribution in [0.25, 0.3) is 10.9 Å². The van der Waals surface area contributed by atoms with E-state index in [2.05, 4.69) is 50.1 Å². The minimum absolute atomic E-state index is 0.237. The Morgan fingerprint density at radius 3 is 2.54 bits per heavy atom. The van der Waals surface area contributed by atoms with Crippen LogP contribution < -0.4 is 10.1 Å². The van der Waals surface area contributed by atoms with Gasteiger partial charge in [0.05, 0.1) is 0 Å². The van der Waals surface area contributed by atoms with Gasteiger partial charge in [0.15, 0.2) is 0 Å². The van der Waals surface area contributed by atoms with E-state index in [0.29, 0.717) is 5.88 Å². The molecule has 1 saturated carbocycles. The van der Waals surface area contributed by atoms with Crippen molar-refractivity contribution in [2.24, 2.45) is 11.8 Å². The second kappa shape index (κ2) is 6.88. The fraction of sp³-hybridized carbons (Fsp3) is 0.550. The molecule has 2 N–H and O–H groups in total. The van der Waals surface area contributed by atoms with Crippen molar-refractivity contribution in [3.05, 3.63) is 29.3 Å². The zero-order valence-electron chi connectivity index (χ0n) is 15.1. The van der Waals surface area contributed by atoms with Crippen LogP contribution >= 0.6 is 0 Å². The van der Waals surface area contributed by atoms with Crippen LogP contribution in [0.1, 0.15) is 50.7 Å². The van der Waals surface area contributed by atoms with Gasteiger partial charge in [-0.05, 0) is 68.6 Å². The first kappa shape index (κ1) is 16.9. The highest BCUT2D eigenvalue weighted by Crippen LogP contribution is 2.30. The number of aromatic nitrogens is 1.